The largest absolute Gasteiger partial charge is 0.399 e. The minimum absolute atomic E-state index is 0.0909. The summed E-state index contributed by atoms with van der Waals surface area (Å²) in [6, 6.07) is 13.3. The van der Waals surface area contributed by atoms with Crippen molar-refractivity contribution in [2.45, 2.75) is 17.6 Å². The van der Waals surface area contributed by atoms with Crippen LogP contribution in [0.3, 0.4) is 0 Å². The fourth-order valence-electron chi connectivity index (χ4n) is 2.18. The molecule has 3 aromatic rings. The number of rotatable bonds is 3. The number of nitrogens with zero attached hydrogens (tertiary/aromatic N) is 1. The highest BCUT2D eigenvalue weighted by Gasteiger charge is 2.06. The number of thioether (sulfide) groups is 1. The van der Waals surface area contributed by atoms with E-state index in [0.29, 0.717) is 17.0 Å². The van der Waals surface area contributed by atoms with Gasteiger partial charge in [0.1, 0.15) is 5.82 Å². The van der Waals surface area contributed by atoms with E-state index in [1.807, 2.05) is 43.3 Å². The van der Waals surface area contributed by atoms with Crippen LogP contribution in [0, 0.1) is 6.92 Å². The molecule has 4 nitrogen and oxygen atoms in total. The monoisotopic (exact) mass is 297 g/mol. The highest BCUT2D eigenvalue weighted by molar-refractivity contribution is 7.98. The van der Waals surface area contributed by atoms with E-state index in [9.17, 15) is 4.79 Å². The Hall–Kier alpha value is -2.27. The van der Waals surface area contributed by atoms with Crippen LogP contribution in [0.15, 0.2) is 52.2 Å². The van der Waals surface area contributed by atoms with Gasteiger partial charge < -0.3 is 10.7 Å². The molecule has 0 radical (unpaired) electrons. The van der Waals surface area contributed by atoms with E-state index in [-0.39, 0.29) is 5.56 Å². The number of fused-ring (bicyclic) bond motifs is 1. The van der Waals surface area contributed by atoms with E-state index in [4.69, 9.17) is 5.73 Å². The van der Waals surface area contributed by atoms with Gasteiger partial charge in [-0.15, -0.1) is 11.8 Å². The Morgan fingerprint density at radius 3 is 2.86 bits per heavy atom. The van der Waals surface area contributed by atoms with Crippen molar-refractivity contribution in [1.82, 2.24) is 9.97 Å². The molecule has 5 heteroatoms. The number of benzene rings is 2. The molecule has 0 saturated carbocycles. The molecule has 0 aliphatic rings. The van der Waals surface area contributed by atoms with Crippen molar-refractivity contribution in [2.24, 2.45) is 0 Å². The molecule has 0 unspecified atom stereocenters. The van der Waals surface area contributed by atoms with Crippen LogP contribution >= 0.6 is 11.8 Å². The summed E-state index contributed by atoms with van der Waals surface area (Å²) >= 11 is 1.60. The van der Waals surface area contributed by atoms with Crippen LogP contribution in [0.2, 0.25) is 0 Å². The second-order valence-electron chi connectivity index (χ2n) is 4.84. The Morgan fingerprint density at radius 1 is 1.24 bits per heavy atom. The number of para-hydroxylation sites is 1. The predicted octanol–water partition coefficient (Wildman–Crippen LogP) is 3.11. The summed E-state index contributed by atoms with van der Waals surface area (Å²) in [7, 11) is 0. The number of aromatic amines is 1. The first kappa shape index (κ1) is 13.7. The van der Waals surface area contributed by atoms with Crippen molar-refractivity contribution in [3.05, 3.63) is 64.2 Å². The zero-order valence-corrected chi connectivity index (χ0v) is 12.4. The van der Waals surface area contributed by atoms with Gasteiger partial charge >= 0.3 is 0 Å². The molecular weight excluding hydrogens is 282 g/mol. The molecule has 3 rings (SSSR count). The van der Waals surface area contributed by atoms with Gasteiger partial charge in [-0.2, -0.15) is 0 Å². The van der Waals surface area contributed by atoms with Crippen LogP contribution in [0.4, 0.5) is 5.69 Å². The quantitative estimate of drug-likeness (QED) is 0.575. The molecule has 2 aromatic carbocycles. The second kappa shape index (κ2) is 5.61. The molecule has 21 heavy (non-hydrogen) atoms. The number of hydrogen-bond donors (Lipinski definition) is 2. The number of anilines is 1. The van der Waals surface area contributed by atoms with Gasteiger partial charge in [-0.25, -0.2) is 4.98 Å². The molecule has 1 heterocycles. The molecule has 0 aliphatic carbocycles. The van der Waals surface area contributed by atoms with Crippen molar-refractivity contribution in [3.8, 4) is 0 Å². The Morgan fingerprint density at radius 2 is 2.05 bits per heavy atom. The summed E-state index contributed by atoms with van der Waals surface area (Å²) in [4.78, 5) is 20.6. The molecule has 0 fully saturated rings. The van der Waals surface area contributed by atoms with E-state index >= 15 is 0 Å². The molecule has 0 bridgehead atoms. The first-order chi connectivity index (χ1) is 10.1. The van der Waals surface area contributed by atoms with E-state index in [1.165, 1.54) is 0 Å². The smallest absolute Gasteiger partial charge is 0.258 e. The van der Waals surface area contributed by atoms with Crippen LogP contribution in [-0.2, 0) is 5.75 Å². The summed E-state index contributed by atoms with van der Waals surface area (Å²) in [5.74, 6) is 1.28. The summed E-state index contributed by atoms with van der Waals surface area (Å²) in [5, 5.41) is 0.632. The molecular formula is C16H15N3OS. The molecule has 106 valence electrons. The first-order valence-corrected chi connectivity index (χ1v) is 7.59. The van der Waals surface area contributed by atoms with Gasteiger partial charge in [0.05, 0.1) is 16.7 Å². The van der Waals surface area contributed by atoms with Crippen LogP contribution in [-0.4, -0.2) is 9.97 Å². The van der Waals surface area contributed by atoms with Crippen LogP contribution < -0.4 is 11.3 Å². The molecule has 0 aliphatic heterocycles. The Balaban J connectivity index is 1.91. The first-order valence-electron chi connectivity index (χ1n) is 6.60. The third kappa shape index (κ3) is 2.92. The van der Waals surface area contributed by atoms with E-state index in [2.05, 4.69) is 9.97 Å². The summed E-state index contributed by atoms with van der Waals surface area (Å²) < 4.78 is 0. The standard InChI is InChI=1S/C16H15N3OS/c1-10-4-2-7-13-15(10)18-14(19-16(13)20)9-21-12-6-3-5-11(17)8-12/h2-8H,9,17H2,1H3,(H,18,19,20). The Bertz CT molecular complexity index is 858. The lowest BCUT2D eigenvalue weighted by Crippen LogP contribution is -2.11. The SMILES string of the molecule is Cc1cccc2c(=O)[nH]c(CSc3cccc(N)c3)nc12. The molecule has 0 atom stereocenters. The predicted molar refractivity (Wildman–Crippen MR) is 87.5 cm³/mol. The number of nitrogen functional groups attached to an aromatic ring is 1. The molecule has 0 amide bonds. The number of nitrogens with two attached hydrogens (primary N) is 1. The lowest BCUT2D eigenvalue weighted by Gasteiger charge is -2.05. The summed E-state index contributed by atoms with van der Waals surface area (Å²) in [5.41, 5.74) is 8.18. The number of nitrogens with one attached hydrogen (secondary N) is 1. The fourth-order valence-corrected chi connectivity index (χ4v) is 3.01. The molecule has 0 saturated heterocycles. The van der Waals surface area contributed by atoms with Crippen LogP contribution in [0.25, 0.3) is 10.9 Å². The van der Waals surface area contributed by atoms with Gasteiger partial charge in [0.15, 0.2) is 0 Å². The topological polar surface area (TPSA) is 71.8 Å². The number of aromatic nitrogens is 2. The van der Waals surface area contributed by atoms with E-state index in [1.54, 1.807) is 17.8 Å². The third-order valence-electron chi connectivity index (χ3n) is 3.22. The van der Waals surface area contributed by atoms with Gasteiger partial charge in [0, 0.05) is 10.6 Å². The highest BCUT2D eigenvalue weighted by Crippen LogP contribution is 2.23. The minimum Gasteiger partial charge on any atom is -0.399 e. The zero-order valence-electron chi connectivity index (χ0n) is 11.6. The van der Waals surface area contributed by atoms with E-state index in [0.717, 1.165) is 21.7 Å². The van der Waals surface area contributed by atoms with Crippen LogP contribution in [0.1, 0.15) is 11.4 Å². The summed E-state index contributed by atoms with van der Waals surface area (Å²) in [6.07, 6.45) is 0. The number of hydrogen-bond acceptors (Lipinski definition) is 4. The van der Waals surface area contributed by atoms with Crippen molar-refractivity contribution < 1.29 is 0 Å². The lowest BCUT2D eigenvalue weighted by molar-refractivity contribution is 1.04. The number of aryl methyl sites for hydroxylation is 1. The van der Waals surface area contributed by atoms with Gasteiger partial charge in [-0.05, 0) is 36.8 Å². The molecule has 0 spiro atoms. The van der Waals surface area contributed by atoms with Crippen molar-refractivity contribution in [1.29, 1.82) is 0 Å². The van der Waals surface area contributed by atoms with Gasteiger partial charge in [0.25, 0.3) is 5.56 Å². The summed E-state index contributed by atoms with van der Waals surface area (Å²) in [6.45, 7) is 1.96. The fraction of sp³-hybridized carbons (Fsp3) is 0.125. The lowest BCUT2D eigenvalue weighted by atomic mass is 10.1. The normalized spacial score (nSPS) is 10.9. The van der Waals surface area contributed by atoms with Gasteiger partial charge in [-0.1, -0.05) is 18.2 Å². The molecule has 3 N–H and O–H groups in total. The Kier molecular flexibility index (Phi) is 3.66. The highest BCUT2D eigenvalue weighted by atomic mass is 32.2. The molecule has 1 aromatic heterocycles. The van der Waals surface area contributed by atoms with E-state index < -0.39 is 0 Å². The minimum atomic E-state index is -0.0909. The van der Waals surface area contributed by atoms with Crippen molar-refractivity contribution in [3.63, 3.8) is 0 Å². The Labute approximate surface area is 126 Å². The average Bonchev–Trinajstić information content (AvgIpc) is 2.46. The third-order valence-corrected chi connectivity index (χ3v) is 4.23. The zero-order chi connectivity index (χ0) is 14.8. The maximum absolute atomic E-state index is 12.1. The maximum atomic E-state index is 12.1. The average molecular weight is 297 g/mol. The second-order valence-corrected chi connectivity index (χ2v) is 5.89. The number of H-pyrrole nitrogens is 1. The van der Waals surface area contributed by atoms with Crippen molar-refractivity contribution >= 4 is 28.4 Å². The van der Waals surface area contributed by atoms with Crippen molar-refractivity contribution in [2.75, 3.05) is 5.73 Å². The van der Waals surface area contributed by atoms with Gasteiger partial charge in [0.2, 0.25) is 0 Å². The van der Waals surface area contributed by atoms with Gasteiger partial charge in [-0.3, -0.25) is 4.79 Å². The maximum Gasteiger partial charge on any atom is 0.258 e. The van der Waals surface area contributed by atoms with Crippen LogP contribution in [0.5, 0.6) is 0 Å².